The largest absolute Gasteiger partial charge is 0.398 e. The average molecular weight is 309 g/mol. The summed E-state index contributed by atoms with van der Waals surface area (Å²) in [6, 6.07) is 6.00. The first-order chi connectivity index (χ1) is 9.78. The van der Waals surface area contributed by atoms with E-state index in [1.54, 1.807) is 0 Å². The first-order valence-electron chi connectivity index (χ1n) is 6.77. The summed E-state index contributed by atoms with van der Waals surface area (Å²) < 4.78 is 26.2. The van der Waals surface area contributed by atoms with Crippen LogP contribution in [0.4, 0.5) is 5.69 Å². The number of nitrogens with two attached hydrogens (primary N) is 1. The van der Waals surface area contributed by atoms with Gasteiger partial charge in [-0.3, -0.25) is 0 Å². The molecule has 6 nitrogen and oxygen atoms in total. The minimum Gasteiger partial charge on any atom is -0.398 e. The van der Waals surface area contributed by atoms with Gasteiger partial charge in [-0.1, -0.05) is 12.8 Å². The predicted molar refractivity (Wildman–Crippen MR) is 78.8 cm³/mol. The highest BCUT2D eigenvalue weighted by Crippen LogP contribution is 2.32. The number of hydrogen-bond acceptors (Lipinski definition) is 5. The molecule has 1 aliphatic carbocycles. The molecule has 7 heteroatoms. The highest BCUT2D eigenvalue weighted by Gasteiger charge is 2.36. The fourth-order valence-electron chi connectivity index (χ4n) is 2.71. The molecule has 0 aliphatic heterocycles. The molecule has 1 aromatic rings. The van der Waals surface area contributed by atoms with Crippen LogP contribution >= 0.6 is 0 Å². The Balaban J connectivity index is 2.27. The Labute approximate surface area is 124 Å². The minimum atomic E-state index is -3.78. The molecule has 0 heterocycles. The molecule has 1 fully saturated rings. The Morgan fingerprint density at radius 3 is 2.57 bits per heavy atom. The molecule has 0 radical (unpaired) electrons. The number of nitriles is 1. The van der Waals surface area contributed by atoms with Crippen molar-refractivity contribution in [3.8, 4) is 6.07 Å². The van der Waals surface area contributed by atoms with E-state index in [2.05, 4.69) is 0 Å². The van der Waals surface area contributed by atoms with Gasteiger partial charge >= 0.3 is 0 Å². The average Bonchev–Trinajstić information content (AvgIpc) is 2.84. The molecule has 21 heavy (non-hydrogen) atoms. The standard InChI is InChI=1S/C14H19N3O3S/c1-17(10-14(18)6-2-3-7-14)21(19,20)13-5-4-11(9-15)8-12(13)16/h4-5,8,18H,2-3,6-7,10,16H2,1H3. The van der Waals surface area contributed by atoms with Crippen molar-refractivity contribution in [2.75, 3.05) is 19.3 Å². The summed E-state index contributed by atoms with van der Waals surface area (Å²) in [6.45, 7) is 0.0504. The smallest absolute Gasteiger partial charge is 0.244 e. The molecule has 1 aliphatic rings. The Morgan fingerprint density at radius 2 is 2.05 bits per heavy atom. The van der Waals surface area contributed by atoms with Crippen molar-refractivity contribution in [3.05, 3.63) is 23.8 Å². The molecule has 0 bridgehead atoms. The van der Waals surface area contributed by atoms with E-state index in [1.807, 2.05) is 6.07 Å². The molecule has 3 N–H and O–H groups in total. The van der Waals surface area contributed by atoms with Crippen LogP contribution in [0.25, 0.3) is 0 Å². The van der Waals surface area contributed by atoms with Crippen molar-refractivity contribution in [1.29, 1.82) is 5.26 Å². The summed E-state index contributed by atoms with van der Waals surface area (Å²) >= 11 is 0. The van der Waals surface area contributed by atoms with Crippen molar-refractivity contribution in [1.82, 2.24) is 4.31 Å². The molecule has 0 aromatic heterocycles. The third kappa shape index (κ3) is 3.18. The number of nitrogen functional groups attached to an aromatic ring is 1. The maximum atomic E-state index is 12.5. The lowest BCUT2D eigenvalue weighted by Gasteiger charge is -2.28. The number of benzene rings is 1. The van der Waals surface area contributed by atoms with E-state index in [4.69, 9.17) is 11.0 Å². The van der Waals surface area contributed by atoms with Gasteiger partial charge in [0.2, 0.25) is 10.0 Å². The number of nitrogens with zero attached hydrogens (tertiary/aromatic N) is 2. The van der Waals surface area contributed by atoms with Gasteiger partial charge in [-0.25, -0.2) is 8.42 Å². The number of aliphatic hydroxyl groups is 1. The molecule has 1 aromatic carbocycles. The third-order valence-electron chi connectivity index (χ3n) is 3.88. The van der Waals surface area contributed by atoms with Gasteiger partial charge < -0.3 is 10.8 Å². The summed E-state index contributed by atoms with van der Waals surface area (Å²) in [5, 5.41) is 19.1. The second-order valence-electron chi connectivity index (χ2n) is 5.56. The molecule has 0 spiro atoms. The molecule has 0 saturated heterocycles. The summed E-state index contributed by atoms with van der Waals surface area (Å²) in [6.07, 6.45) is 3.03. The Kier molecular flexibility index (Phi) is 4.23. The molecule has 114 valence electrons. The van der Waals surface area contributed by atoms with Crippen LogP contribution in [0.5, 0.6) is 0 Å². The fourth-order valence-corrected chi connectivity index (χ4v) is 4.05. The topological polar surface area (TPSA) is 107 Å². The molecule has 0 amide bonds. The van der Waals surface area contributed by atoms with Gasteiger partial charge in [0.1, 0.15) is 4.90 Å². The van der Waals surface area contributed by atoms with Crippen LogP contribution in [0, 0.1) is 11.3 Å². The highest BCUT2D eigenvalue weighted by atomic mass is 32.2. The van der Waals surface area contributed by atoms with E-state index in [-0.39, 0.29) is 17.1 Å². The van der Waals surface area contributed by atoms with E-state index in [0.717, 1.165) is 17.1 Å². The summed E-state index contributed by atoms with van der Waals surface area (Å²) in [7, 11) is -2.35. The number of rotatable bonds is 4. The summed E-state index contributed by atoms with van der Waals surface area (Å²) in [4.78, 5) is -0.0365. The van der Waals surface area contributed by atoms with Crippen LogP contribution in [-0.4, -0.2) is 37.0 Å². The molecule has 1 saturated carbocycles. The van der Waals surface area contributed by atoms with Crippen molar-refractivity contribution in [3.63, 3.8) is 0 Å². The minimum absolute atomic E-state index is 0.0365. The second kappa shape index (κ2) is 5.64. The molecule has 2 rings (SSSR count). The third-order valence-corrected chi connectivity index (χ3v) is 5.76. The molecule has 0 atom stereocenters. The van der Waals surface area contributed by atoms with Gasteiger partial charge in [-0.05, 0) is 31.0 Å². The van der Waals surface area contributed by atoms with Crippen molar-refractivity contribution in [2.24, 2.45) is 0 Å². The van der Waals surface area contributed by atoms with Crippen molar-refractivity contribution in [2.45, 2.75) is 36.2 Å². The van der Waals surface area contributed by atoms with Crippen molar-refractivity contribution >= 4 is 15.7 Å². The van der Waals surface area contributed by atoms with Gasteiger partial charge in [0.05, 0.1) is 22.9 Å². The predicted octanol–water partition coefficient (Wildman–Crippen LogP) is 1.07. The SMILES string of the molecule is CN(CC1(O)CCCC1)S(=O)(=O)c1ccc(C#N)cc1N. The number of likely N-dealkylation sites (N-methyl/N-ethyl adjacent to an activating group) is 1. The molecular weight excluding hydrogens is 290 g/mol. The van der Waals surface area contributed by atoms with Crippen LogP contribution in [0.15, 0.2) is 23.1 Å². The van der Waals surface area contributed by atoms with Gasteiger partial charge in [-0.2, -0.15) is 9.57 Å². The van der Waals surface area contributed by atoms with Crippen molar-refractivity contribution < 1.29 is 13.5 Å². The number of anilines is 1. The lowest BCUT2D eigenvalue weighted by molar-refractivity contribution is 0.0333. The van der Waals surface area contributed by atoms with Gasteiger partial charge in [0.15, 0.2) is 0 Å². The number of sulfonamides is 1. The fraction of sp³-hybridized carbons (Fsp3) is 0.500. The first-order valence-corrected chi connectivity index (χ1v) is 8.21. The second-order valence-corrected chi connectivity index (χ2v) is 7.57. The Hall–Kier alpha value is -1.62. The Morgan fingerprint density at radius 1 is 1.43 bits per heavy atom. The van der Waals surface area contributed by atoms with Gasteiger partial charge in [0, 0.05) is 13.6 Å². The van der Waals surface area contributed by atoms with Crippen LogP contribution in [0.2, 0.25) is 0 Å². The van der Waals surface area contributed by atoms with E-state index < -0.39 is 15.6 Å². The maximum Gasteiger partial charge on any atom is 0.244 e. The molecular formula is C14H19N3O3S. The lowest BCUT2D eigenvalue weighted by atomic mass is 10.0. The first kappa shape index (κ1) is 15.8. The van der Waals surface area contributed by atoms with Crippen LogP contribution in [-0.2, 0) is 10.0 Å². The monoisotopic (exact) mass is 309 g/mol. The van der Waals surface area contributed by atoms with Crippen LogP contribution < -0.4 is 5.73 Å². The Bertz CT molecular complexity index is 673. The van der Waals surface area contributed by atoms with Crippen LogP contribution in [0.3, 0.4) is 0 Å². The summed E-state index contributed by atoms with van der Waals surface area (Å²) in [5.41, 5.74) is 5.14. The van der Waals surface area contributed by atoms with Crippen LogP contribution in [0.1, 0.15) is 31.2 Å². The van der Waals surface area contributed by atoms with Gasteiger partial charge in [-0.15, -0.1) is 0 Å². The van der Waals surface area contributed by atoms with E-state index in [0.29, 0.717) is 18.4 Å². The van der Waals surface area contributed by atoms with E-state index in [1.165, 1.54) is 25.2 Å². The highest BCUT2D eigenvalue weighted by molar-refractivity contribution is 7.89. The maximum absolute atomic E-state index is 12.5. The van der Waals surface area contributed by atoms with E-state index in [9.17, 15) is 13.5 Å². The molecule has 0 unspecified atom stereocenters. The normalized spacial score (nSPS) is 17.8. The zero-order valence-corrected chi connectivity index (χ0v) is 12.7. The number of hydrogen-bond donors (Lipinski definition) is 2. The quantitative estimate of drug-likeness (QED) is 0.809. The van der Waals surface area contributed by atoms with E-state index >= 15 is 0 Å². The zero-order chi connectivity index (χ0) is 15.7. The lowest BCUT2D eigenvalue weighted by Crippen LogP contribution is -2.42. The zero-order valence-electron chi connectivity index (χ0n) is 11.9. The summed E-state index contributed by atoms with van der Waals surface area (Å²) in [5.74, 6) is 0. The van der Waals surface area contributed by atoms with Gasteiger partial charge in [0.25, 0.3) is 0 Å².